The SMILES string of the molecule is CI.C[n+]1ccccc1CN.[I-]. The standard InChI is InChI=1S/C7H11N2.CH3I.HI/c1-9-5-3-2-4-7(9)6-8;1-2;/h2-5H,6,8H2,1H3;1H3;1H/q+1;;/p-1. The Labute approximate surface area is 105 Å². The molecule has 0 aliphatic rings. The lowest BCUT2D eigenvalue weighted by molar-refractivity contribution is -0.679. The van der Waals surface area contributed by atoms with E-state index in [1.807, 2.05) is 40.9 Å². The van der Waals surface area contributed by atoms with Crippen LogP contribution in [0, 0.1) is 0 Å². The van der Waals surface area contributed by atoms with Crippen LogP contribution in [0.1, 0.15) is 5.69 Å². The molecule has 4 heteroatoms. The van der Waals surface area contributed by atoms with E-state index in [2.05, 4.69) is 22.6 Å². The zero-order valence-corrected chi connectivity index (χ0v) is 11.6. The largest absolute Gasteiger partial charge is 1.00 e. The van der Waals surface area contributed by atoms with Crippen LogP contribution in [-0.4, -0.2) is 4.93 Å². The van der Waals surface area contributed by atoms with Crippen molar-refractivity contribution in [3.05, 3.63) is 30.1 Å². The Kier molecular flexibility index (Phi) is 12.1. The molecular formula is C8H14I2N2. The average Bonchev–Trinajstić information content (AvgIpc) is 2.09. The molecule has 0 unspecified atom stereocenters. The monoisotopic (exact) mass is 392 g/mol. The van der Waals surface area contributed by atoms with Crippen molar-refractivity contribution >= 4 is 22.6 Å². The van der Waals surface area contributed by atoms with Crippen molar-refractivity contribution in [1.29, 1.82) is 0 Å². The van der Waals surface area contributed by atoms with Crippen LogP contribution >= 0.6 is 22.6 Å². The van der Waals surface area contributed by atoms with E-state index in [0.717, 1.165) is 5.69 Å². The molecule has 0 aliphatic heterocycles. The number of rotatable bonds is 1. The topological polar surface area (TPSA) is 29.9 Å². The minimum Gasteiger partial charge on any atom is -1.00 e. The molecule has 0 radical (unpaired) electrons. The summed E-state index contributed by atoms with van der Waals surface area (Å²) in [5, 5.41) is 0. The zero-order valence-electron chi connectivity index (χ0n) is 7.30. The van der Waals surface area contributed by atoms with Crippen molar-refractivity contribution in [3.8, 4) is 0 Å². The van der Waals surface area contributed by atoms with E-state index in [1.165, 1.54) is 0 Å². The zero-order chi connectivity index (χ0) is 8.69. The van der Waals surface area contributed by atoms with E-state index < -0.39 is 0 Å². The van der Waals surface area contributed by atoms with Crippen molar-refractivity contribution in [1.82, 2.24) is 0 Å². The number of aromatic nitrogens is 1. The van der Waals surface area contributed by atoms with Gasteiger partial charge in [0.1, 0.15) is 7.05 Å². The summed E-state index contributed by atoms with van der Waals surface area (Å²) in [6, 6.07) is 5.99. The van der Waals surface area contributed by atoms with Gasteiger partial charge < -0.3 is 29.7 Å². The van der Waals surface area contributed by atoms with Crippen molar-refractivity contribution in [2.45, 2.75) is 6.54 Å². The number of aryl methyl sites for hydroxylation is 1. The van der Waals surface area contributed by atoms with E-state index in [1.54, 1.807) is 0 Å². The van der Waals surface area contributed by atoms with Gasteiger partial charge in [0, 0.05) is 12.1 Å². The van der Waals surface area contributed by atoms with Crippen LogP contribution in [0.25, 0.3) is 0 Å². The van der Waals surface area contributed by atoms with Crippen molar-refractivity contribution in [2.24, 2.45) is 12.8 Å². The van der Waals surface area contributed by atoms with Crippen LogP contribution in [-0.2, 0) is 13.6 Å². The van der Waals surface area contributed by atoms with Gasteiger partial charge in [-0.1, -0.05) is 28.7 Å². The van der Waals surface area contributed by atoms with Crippen molar-refractivity contribution in [2.75, 3.05) is 4.93 Å². The smallest absolute Gasteiger partial charge is 0.194 e. The second-order valence-corrected chi connectivity index (χ2v) is 2.01. The van der Waals surface area contributed by atoms with Crippen molar-refractivity contribution < 1.29 is 28.5 Å². The lowest BCUT2D eigenvalue weighted by Crippen LogP contribution is -3.00. The first kappa shape index (κ1) is 15.1. The third kappa shape index (κ3) is 5.26. The molecule has 0 amide bonds. The summed E-state index contributed by atoms with van der Waals surface area (Å²) in [6.07, 6.45) is 1.99. The summed E-state index contributed by atoms with van der Waals surface area (Å²) in [4.78, 5) is 1.97. The Morgan fingerprint density at radius 3 is 2.33 bits per heavy atom. The van der Waals surface area contributed by atoms with E-state index in [0.29, 0.717) is 6.54 Å². The van der Waals surface area contributed by atoms with Gasteiger partial charge in [0.2, 0.25) is 0 Å². The number of halogens is 2. The molecule has 0 aromatic carbocycles. The summed E-state index contributed by atoms with van der Waals surface area (Å²) < 4.78 is 2.01. The van der Waals surface area contributed by atoms with Crippen LogP contribution in [0.5, 0.6) is 0 Å². The summed E-state index contributed by atoms with van der Waals surface area (Å²) in [6.45, 7) is 0.608. The molecule has 1 aromatic rings. The third-order valence-corrected chi connectivity index (χ3v) is 1.37. The van der Waals surface area contributed by atoms with Crippen LogP contribution in [0.3, 0.4) is 0 Å². The van der Waals surface area contributed by atoms with Crippen molar-refractivity contribution in [3.63, 3.8) is 0 Å². The van der Waals surface area contributed by atoms with Gasteiger partial charge in [-0.05, 0) is 4.93 Å². The predicted octanol–water partition coefficient (Wildman–Crippen LogP) is -1.97. The molecule has 1 aromatic heterocycles. The Balaban J connectivity index is 0. The fourth-order valence-corrected chi connectivity index (χ4v) is 0.771. The third-order valence-electron chi connectivity index (χ3n) is 1.37. The molecule has 0 atom stereocenters. The molecule has 1 rings (SSSR count). The molecule has 12 heavy (non-hydrogen) atoms. The number of alkyl halides is 1. The van der Waals surface area contributed by atoms with E-state index >= 15 is 0 Å². The van der Waals surface area contributed by atoms with Gasteiger partial charge in [-0.3, -0.25) is 0 Å². The van der Waals surface area contributed by atoms with E-state index in [-0.39, 0.29) is 24.0 Å². The minimum absolute atomic E-state index is 0. The number of nitrogens with two attached hydrogens (primary N) is 1. The Morgan fingerprint density at radius 2 is 2.00 bits per heavy atom. The average molecular weight is 392 g/mol. The number of pyridine rings is 1. The summed E-state index contributed by atoms with van der Waals surface area (Å²) in [7, 11) is 1.99. The second-order valence-electron chi connectivity index (χ2n) is 2.01. The highest BCUT2D eigenvalue weighted by atomic mass is 127. The number of nitrogens with zero attached hydrogens (tertiary/aromatic N) is 1. The number of hydrogen-bond donors (Lipinski definition) is 1. The van der Waals surface area contributed by atoms with Gasteiger partial charge in [0.15, 0.2) is 11.9 Å². The molecule has 70 valence electrons. The van der Waals surface area contributed by atoms with Crippen LogP contribution in [0.4, 0.5) is 0 Å². The Bertz CT molecular complexity index is 204. The Morgan fingerprint density at radius 1 is 1.42 bits per heavy atom. The van der Waals surface area contributed by atoms with E-state index in [9.17, 15) is 0 Å². The lowest BCUT2D eigenvalue weighted by Gasteiger charge is -1.91. The Hall–Kier alpha value is 0.570. The normalized spacial score (nSPS) is 7.67. The van der Waals surface area contributed by atoms with Gasteiger partial charge in [0.25, 0.3) is 0 Å². The molecule has 0 spiro atoms. The van der Waals surface area contributed by atoms with Gasteiger partial charge in [-0.2, -0.15) is 0 Å². The molecule has 1 heterocycles. The first-order valence-corrected chi connectivity index (χ1v) is 5.51. The van der Waals surface area contributed by atoms with Gasteiger partial charge in [0.05, 0.1) is 6.54 Å². The molecule has 0 bridgehead atoms. The molecule has 2 N–H and O–H groups in total. The fraction of sp³-hybridized carbons (Fsp3) is 0.375. The molecule has 0 saturated heterocycles. The first-order chi connectivity index (χ1) is 5.34. The number of hydrogen-bond acceptors (Lipinski definition) is 1. The van der Waals surface area contributed by atoms with Crippen LogP contribution in [0.2, 0.25) is 0 Å². The van der Waals surface area contributed by atoms with E-state index in [4.69, 9.17) is 5.73 Å². The molecule has 2 nitrogen and oxygen atoms in total. The first-order valence-electron chi connectivity index (χ1n) is 3.36. The van der Waals surface area contributed by atoms with Gasteiger partial charge in [-0.15, -0.1) is 0 Å². The molecular weight excluding hydrogens is 378 g/mol. The summed E-state index contributed by atoms with van der Waals surface area (Å²) in [5.41, 5.74) is 6.58. The van der Waals surface area contributed by atoms with Crippen LogP contribution < -0.4 is 34.3 Å². The predicted molar refractivity (Wildman–Crippen MR) is 55.5 cm³/mol. The second kappa shape index (κ2) is 9.66. The minimum atomic E-state index is 0. The highest BCUT2D eigenvalue weighted by molar-refractivity contribution is 14.1. The maximum absolute atomic E-state index is 5.43. The lowest BCUT2D eigenvalue weighted by atomic mass is 10.3. The summed E-state index contributed by atoms with van der Waals surface area (Å²) in [5.74, 6) is 0. The molecule has 0 saturated carbocycles. The highest BCUT2D eigenvalue weighted by Crippen LogP contribution is 1.85. The summed E-state index contributed by atoms with van der Waals surface area (Å²) >= 11 is 2.15. The molecule has 0 aliphatic carbocycles. The van der Waals surface area contributed by atoms with Crippen LogP contribution in [0.15, 0.2) is 24.4 Å². The molecule has 0 fully saturated rings. The maximum atomic E-state index is 5.43. The van der Waals surface area contributed by atoms with Gasteiger partial charge in [-0.25, -0.2) is 4.57 Å². The highest BCUT2D eigenvalue weighted by Gasteiger charge is 1.97. The van der Waals surface area contributed by atoms with Gasteiger partial charge >= 0.3 is 0 Å². The quantitative estimate of drug-likeness (QED) is 0.336. The fourth-order valence-electron chi connectivity index (χ4n) is 0.771. The maximum Gasteiger partial charge on any atom is 0.194 e.